The predicted molar refractivity (Wildman–Crippen MR) is 69.0 cm³/mol. The second-order valence-electron chi connectivity index (χ2n) is 3.96. The lowest BCUT2D eigenvalue weighted by Gasteiger charge is -2.19. The second kappa shape index (κ2) is 5.48. The topological polar surface area (TPSA) is 38.1 Å². The number of aryl methyl sites for hydroxylation is 2. The van der Waals surface area contributed by atoms with Gasteiger partial charge in [-0.3, -0.25) is 9.48 Å². The van der Waals surface area contributed by atoms with Gasteiger partial charge in [-0.15, -0.1) is 13.2 Å². The minimum atomic E-state index is -0.0205. The number of nitrogens with zero attached hydrogens (tertiary/aromatic N) is 3. The van der Waals surface area contributed by atoms with Crippen molar-refractivity contribution in [2.24, 2.45) is 7.05 Å². The molecule has 0 unspecified atom stereocenters. The van der Waals surface area contributed by atoms with Gasteiger partial charge in [0, 0.05) is 25.8 Å². The highest BCUT2D eigenvalue weighted by Crippen LogP contribution is 2.14. The van der Waals surface area contributed by atoms with Gasteiger partial charge in [0.15, 0.2) is 0 Å². The summed E-state index contributed by atoms with van der Waals surface area (Å²) in [5.74, 6) is -0.0205. The molecule has 4 nitrogen and oxygen atoms in total. The number of aromatic nitrogens is 2. The summed E-state index contributed by atoms with van der Waals surface area (Å²) in [4.78, 5) is 14.0. The van der Waals surface area contributed by atoms with Crippen LogP contribution >= 0.6 is 0 Å². The second-order valence-corrected chi connectivity index (χ2v) is 3.96. The molecule has 0 saturated heterocycles. The Kier molecular flexibility index (Phi) is 4.26. The van der Waals surface area contributed by atoms with E-state index < -0.39 is 0 Å². The molecule has 0 saturated carbocycles. The Balaban J connectivity index is 3.08. The number of carbonyl (C=O) groups excluding carboxylic acids is 1. The first kappa shape index (κ1) is 13.2. The highest BCUT2D eigenvalue weighted by molar-refractivity contribution is 5.96. The number of amides is 1. The molecule has 1 aromatic heterocycles. The van der Waals surface area contributed by atoms with E-state index in [0.29, 0.717) is 18.7 Å². The Labute approximate surface area is 102 Å². The van der Waals surface area contributed by atoms with Crippen molar-refractivity contribution in [1.29, 1.82) is 0 Å². The first-order valence-electron chi connectivity index (χ1n) is 5.54. The van der Waals surface area contributed by atoms with E-state index in [0.717, 1.165) is 11.4 Å². The standard InChI is InChI=1S/C13H19N3O/c1-6-8-16(9-7-2)13(17)12-10(3)14-15(5)11(12)4/h6-7H,1-2,8-9H2,3-5H3. The molecule has 4 heteroatoms. The van der Waals surface area contributed by atoms with Crippen molar-refractivity contribution < 1.29 is 4.79 Å². The fourth-order valence-corrected chi connectivity index (χ4v) is 1.79. The Morgan fingerprint density at radius 3 is 2.24 bits per heavy atom. The molecule has 17 heavy (non-hydrogen) atoms. The van der Waals surface area contributed by atoms with Crippen molar-refractivity contribution in [2.45, 2.75) is 13.8 Å². The fourth-order valence-electron chi connectivity index (χ4n) is 1.79. The third kappa shape index (κ3) is 2.64. The molecule has 0 N–H and O–H groups in total. The zero-order valence-electron chi connectivity index (χ0n) is 10.7. The van der Waals surface area contributed by atoms with Crippen LogP contribution in [-0.4, -0.2) is 33.7 Å². The lowest BCUT2D eigenvalue weighted by atomic mass is 10.1. The average molecular weight is 233 g/mol. The molecule has 0 atom stereocenters. The molecule has 0 aromatic carbocycles. The molecule has 1 amide bonds. The molecule has 0 aliphatic rings. The normalized spacial score (nSPS) is 10.1. The van der Waals surface area contributed by atoms with E-state index in [2.05, 4.69) is 18.3 Å². The number of hydrogen-bond acceptors (Lipinski definition) is 2. The monoisotopic (exact) mass is 233 g/mol. The molecule has 1 aromatic rings. The van der Waals surface area contributed by atoms with Crippen LogP contribution in [-0.2, 0) is 7.05 Å². The number of rotatable bonds is 5. The van der Waals surface area contributed by atoms with Gasteiger partial charge in [0.1, 0.15) is 0 Å². The van der Waals surface area contributed by atoms with Crippen molar-refractivity contribution in [3.8, 4) is 0 Å². The molecular formula is C13H19N3O. The summed E-state index contributed by atoms with van der Waals surface area (Å²) in [7, 11) is 1.84. The molecule has 0 bridgehead atoms. The first-order valence-corrected chi connectivity index (χ1v) is 5.54. The Morgan fingerprint density at radius 2 is 1.88 bits per heavy atom. The van der Waals surface area contributed by atoms with Gasteiger partial charge in [0.25, 0.3) is 5.91 Å². The average Bonchev–Trinajstić information content (AvgIpc) is 2.52. The van der Waals surface area contributed by atoms with Crippen molar-refractivity contribution in [2.75, 3.05) is 13.1 Å². The Bertz CT molecular complexity index is 436. The smallest absolute Gasteiger partial charge is 0.258 e. The lowest BCUT2D eigenvalue weighted by molar-refractivity contribution is 0.0789. The molecule has 1 rings (SSSR count). The minimum absolute atomic E-state index is 0.0205. The van der Waals surface area contributed by atoms with Crippen molar-refractivity contribution in [3.63, 3.8) is 0 Å². The van der Waals surface area contributed by atoms with E-state index in [4.69, 9.17) is 0 Å². The van der Waals surface area contributed by atoms with Crippen LogP contribution in [0.25, 0.3) is 0 Å². The first-order chi connectivity index (χ1) is 8.02. The predicted octanol–water partition coefficient (Wildman–Crippen LogP) is 1.85. The van der Waals surface area contributed by atoms with E-state index in [1.165, 1.54) is 0 Å². The van der Waals surface area contributed by atoms with Crippen molar-refractivity contribution in [3.05, 3.63) is 42.3 Å². The minimum Gasteiger partial charge on any atom is -0.331 e. The van der Waals surface area contributed by atoms with Crippen LogP contribution in [0.1, 0.15) is 21.7 Å². The Morgan fingerprint density at radius 1 is 1.35 bits per heavy atom. The molecule has 92 valence electrons. The van der Waals surface area contributed by atoms with Gasteiger partial charge in [-0.1, -0.05) is 12.2 Å². The van der Waals surface area contributed by atoms with Crippen molar-refractivity contribution >= 4 is 5.91 Å². The van der Waals surface area contributed by atoms with Gasteiger partial charge in [-0.05, 0) is 13.8 Å². The highest BCUT2D eigenvalue weighted by atomic mass is 16.2. The van der Waals surface area contributed by atoms with Crippen LogP contribution in [0.5, 0.6) is 0 Å². The number of carbonyl (C=O) groups is 1. The maximum Gasteiger partial charge on any atom is 0.258 e. The molecule has 0 fully saturated rings. The van der Waals surface area contributed by atoms with Gasteiger partial charge in [-0.25, -0.2) is 0 Å². The van der Waals surface area contributed by atoms with Crippen LogP contribution in [0.3, 0.4) is 0 Å². The molecule has 0 aliphatic carbocycles. The van der Waals surface area contributed by atoms with Crippen LogP contribution in [0.2, 0.25) is 0 Å². The zero-order chi connectivity index (χ0) is 13.0. The quantitative estimate of drug-likeness (QED) is 0.728. The largest absolute Gasteiger partial charge is 0.331 e. The zero-order valence-corrected chi connectivity index (χ0v) is 10.7. The molecule has 1 heterocycles. The van der Waals surface area contributed by atoms with E-state index >= 15 is 0 Å². The summed E-state index contributed by atoms with van der Waals surface area (Å²) < 4.78 is 1.72. The summed E-state index contributed by atoms with van der Waals surface area (Å²) in [6, 6.07) is 0. The molecule has 0 radical (unpaired) electrons. The third-order valence-electron chi connectivity index (χ3n) is 2.71. The maximum atomic E-state index is 12.4. The summed E-state index contributed by atoms with van der Waals surface area (Å²) in [6.07, 6.45) is 3.42. The van der Waals surface area contributed by atoms with Gasteiger partial charge in [0.2, 0.25) is 0 Å². The Hall–Kier alpha value is -1.84. The summed E-state index contributed by atoms with van der Waals surface area (Å²) >= 11 is 0. The number of hydrogen-bond donors (Lipinski definition) is 0. The van der Waals surface area contributed by atoms with Crippen LogP contribution in [0.4, 0.5) is 0 Å². The van der Waals surface area contributed by atoms with Gasteiger partial charge < -0.3 is 4.90 Å². The van der Waals surface area contributed by atoms with Crippen molar-refractivity contribution in [1.82, 2.24) is 14.7 Å². The lowest BCUT2D eigenvalue weighted by Crippen LogP contribution is -2.32. The van der Waals surface area contributed by atoms with Crippen LogP contribution < -0.4 is 0 Å². The van der Waals surface area contributed by atoms with Crippen LogP contribution in [0.15, 0.2) is 25.3 Å². The van der Waals surface area contributed by atoms with Gasteiger partial charge in [0.05, 0.1) is 11.3 Å². The van der Waals surface area contributed by atoms with E-state index in [1.54, 1.807) is 21.7 Å². The SMILES string of the molecule is C=CCN(CC=C)C(=O)c1c(C)nn(C)c1C. The maximum absolute atomic E-state index is 12.4. The van der Waals surface area contributed by atoms with Gasteiger partial charge >= 0.3 is 0 Å². The third-order valence-corrected chi connectivity index (χ3v) is 2.71. The molecular weight excluding hydrogens is 214 g/mol. The van der Waals surface area contributed by atoms with E-state index in [-0.39, 0.29) is 5.91 Å². The summed E-state index contributed by atoms with van der Waals surface area (Å²) in [5.41, 5.74) is 2.31. The molecule has 0 spiro atoms. The summed E-state index contributed by atoms with van der Waals surface area (Å²) in [5, 5.41) is 4.25. The highest BCUT2D eigenvalue weighted by Gasteiger charge is 2.21. The summed E-state index contributed by atoms with van der Waals surface area (Å²) in [6.45, 7) is 12.1. The van der Waals surface area contributed by atoms with E-state index in [1.807, 2.05) is 20.9 Å². The van der Waals surface area contributed by atoms with Crippen LogP contribution in [0, 0.1) is 13.8 Å². The van der Waals surface area contributed by atoms with Gasteiger partial charge in [-0.2, -0.15) is 5.10 Å². The fraction of sp³-hybridized carbons (Fsp3) is 0.385. The van der Waals surface area contributed by atoms with E-state index in [9.17, 15) is 4.79 Å². The molecule has 0 aliphatic heterocycles.